The SMILES string of the molecule is CC(C)c1noc(N2CCC(COc3ccc(C4=CCC(C(=O)NC(CO)CO)CC4)cc3)CC2)n1. The number of allylic oxidation sites excluding steroid dienone is 2. The minimum absolute atomic E-state index is 0.106. The summed E-state index contributed by atoms with van der Waals surface area (Å²) < 4.78 is 11.5. The molecule has 3 N–H and O–H groups in total. The Hall–Kier alpha value is -2.91. The quantitative estimate of drug-likeness (QED) is 0.457. The molecule has 0 spiro atoms. The zero-order valence-electron chi connectivity index (χ0n) is 21.2. The largest absolute Gasteiger partial charge is 0.493 e. The smallest absolute Gasteiger partial charge is 0.324 e. The Morgan fingerprint density at radius 1 is 1.17 bits per heavy atom. The van der Waals surface area contributed by atoms with E-state index in [9.17, 15) is 4.79 Å². The molecule has 4 rings (SSSR count). The molecule has 1 atom stereocenters. The number of rotatable bonds is 10. The fraction of sp³-hybridized carbons (Fsp3) is 0.593. The summed E-state index contributed by atoms with van der Waals surface area (Å²) in [6.45, 7) is 6.06. The lowest BCUT2D eigenvalue weighted by Crippen LogP contribution is -2.43. The van der Waals surface area contributed by atoms with Crippen LogP contribution in [0.4, 0.5) is 6.01 Å². The molecule has 1 aromatic heterocycles. The predicted molar refractivity (Wildman–Crippen MR) is 137 cm³/mol. The van der Waals surface area contributed by atoms with Crippen molar-refractivity contribution in [3.05, 3.63) is 41.7 Å². The van der Waals surface area contributed by atoms with E-state index >= 15 is 0 Å². The lowest BCUT2D eigenvalue weighted by molar-refractivity contribution is -0.126. The molecule has 1 unspecified atom stereocenters. The van der Waals surface area contributed by atoms with Crippen LogP contribution in [-0.4, -0.2) is 65.2 Å². The Balaban J connectivity index is 1.21. The molecule has 1 saturated heterocycles. The molecule has 1 aliphatic carbocycles. The Morgan fingerprint density at radius 2 is 1.89 bits per heavy atom. The number of hydrogen-bond acceptors (Lipinski definition) is 8. The average Bonchev–Trinajstić information content (AvgIpc) is 3.42. The van der Waals surface area contributed by atoms with Crippen LogP contribution in [0, 0.1) is 11.8 Å². The van der Waals surface area contributed by atoms with E-state index in [0.29, 0.717) is 25.0 Å². The van der Waals surface area contributed by atoms with Gasteiger partial charge in [0.15, 0.2) is 5.82 Å². The first kappa shape index (κ1) is 26.2. The minimum Gasteiger partial charge on any atom is -0.493 e. The number of aliphatic hydroxyl groups is 2. The molecule has 1 aliphatic heterocycles. The van der Waals surface area contributed by atoms with Crippen LogP contribution in [0.3, 0.4) is 0 Å². The van der Waals surface area contributed by atoms with E-state index in [1.165, 1.54) is 5.57 Å². The zero-order chi connectivity index (χ0) is 25.5. The molecule has 9 heteroatoms. The highest BCUT2D eigenvalue weighted by Gasteiger charge is 2.25. The first-order valence-electron chi connectivity index (χ1n) is 13.0. The average molecular weight is 499 g/mol. The van der Waals surface area contributed by atoms with E-state index in [-0.39, 0.29) is 31.0 Å². The molecule has 0 saturated carbocycles. The number of ether oxygens (including phenoxy) is 1. The van der Waals surface area contributed by atoms with E-state index in [4.69, 9.17) is 19.5 Å². The highest BCUT2D eigenvalue weighted by atomic mass is 16.5. The number of nitrogens with one attached hydrogen (secondary N) is 1. The molecule has 2 aliphatic rings. The van der Waals surface area contributed by atoms with Gasteiger partial charge in [-0.2, -0.15) is 4.98 Å². The third kappa shape index (κ3) is 6.64. The molecular formula is C27H38N4O5. The van der Waals surface area contributed by atoms with E-state index in [0.717, 1.165) is 55.9 Å². The maximum absolute atomic E-state index is 12.3. The van der Waals surface area contributed by atoms with E-state index in [2.05, 4.69) is 52.4 Å². The van der Waals surface area contributed by atoms with E-state index in [1.807, 2.05) is 12.1 Å². The Kier molecular flexibility index (Phi) is 8.98. The monoisotopic (exact) mass is 498 g/mol. The number of nitrogens with zero attached hydrogens (tertiary/aromatic N) is 3. The number of benzene rings is 1. The number of piperidine rings is 1. The van der Waals surface area contributed by atoms with Crippen molar-refractivity contribution in [2.75, 3.05) is 37.8 Å². The van der Waals surface area contributed by atoms with Crippen LogP contribution in [0.25, 0.3) is 5.57 Å². The van der Waals surface area contributed by atoms with E-state index in [1.54, 1.807) is 0 Å². The van der Waals surface area contributed by atoms with Crippen molar-refractivity contribution in [2.24, 2.45) is 11.8 Å². The molecule has 0 radical (unpaired) electrons. The molecule has 0 bridgehead atoms. The number of aliphatic hydroxyl groups excluding tert-OH is 2. The van der Waals surface area contributed by atoms with Crippen molar-refractivity contribution in [1.29, 1.82) is 0 Å². The molecule has 2 aromatic rings. The lowest BCUT2D eigenvalue weighted by atomic mass is 9.86. The number of carbonyl (C=O) groups is 1. The van der Waals surface area contributed by atoms with Gasteiger partial charge in [0.05, 0.1) is 25.9 Å². The summed E-state index contributed by atoms with van der Waals surface area (Å²) in [6, 6.07) is 8.23. The summed E-state index contributed by atoms with van der Waals surface area (Å²) in [5, 5.41) is 25.1. The Labute approximate surface area is 212 Å². The highest BCUT2D eigenvalue weighted by Crippen LogP contribution is 2.31. The maximum atomic E-state index is 12.3. The van der Waals surface area contributed by atoms with Gasteiger partial charge in [-0.25, -0.2) is 0 Å². The summed E-state index contributed by atoms with van der Waals surface area (Å²) in [6.07, 6.45) is 6.40. The van der Waals surface area contributed by atoms with Gasteiger partial charge in [-0.05, 0) is 61.3 Å². The molecular weight excluding hydrogens is 460 g/mol. The lowest BCUT2D eigenvalue weighted by Gasteiger charge is -2.30. The second-order valence-electron chi connectivity index (χ2n) is 10.1. The summed E-state index contributed by atoms with van der Waals surface area (Å²) in [7, 11) is 0. The molecule has 196 valence electrons. The van der Waals surface area contributed by atoms with Gasteiger partial charge in [-0.3, -0.25) is 4.79 Å². The molecule has 2 heterocycles. The van der Waals surface area contributed by atoms with Crippen LogP contribution >= 0.6 is 0 Å². The van der Waals surface area contributed by atoms with Gasteiger partial charge in [0.25, 0.3) is 0 Å². The fourth-order valence-corrected chi connectivity index (χ4v) is 4.66. The fourth-order valence-electron chi connectivity index (χ4n) is 4.66. The molecule has 9 nitrogen and oxygen atoms in total. The van der Waals surface area contributed by atoms with E-state index < -0.39 is 6.04 Å². The van der Waals surface area contributed by atoms with Crippen LogP contribution in [0.1, 0.15) is 63.3 Å². The summed E-state index contributed by atoms with van der Waals surface area (Å²) in [5.41, 5.74) is 2.39. The minimum atomic E-state index is -0.591. The summed E-state index contributed by atoms with van der Waals surface area (Å²) in [5.74, 6) is 2.14. The number of carbonyl (C=O) groups excluding carboxylic acids is 1. The predicted octanol–water partition coefficient (Wildman–Crippen LogP) is 3.14. The third-order valence-electron chi connectivity index (χ3n) is 7.11. The summed E-state index contributed by atoms with van der Waals surface area (Å²) in [4.78, 5) is 19.0. The second kappa shape index (κ2) is 12.4. The van der Waals surface area contributed by atoms with Crippen LogP contribution in [0.2, 0.25) is 0 Å². The van der Waals surface area contributed by atoms with Crippen molar-refractivity contribution >= 4 is 17.5 Å². The van der Waals surface area contributed by atoms with Gasteiger partial charge in [0.2, 0.25) is 5.91 Å². The van der Waals surface area contributed by atoms with Crippen LogP contribution < -0.4 is 15.0 Å². The van der Waals surface area contributed by atoms with Crippen molar-refractivity contribution in [2.45, 2.75) is 57.9 Å². The number of hydrogen-bond donors (Lipinski definition) is 3. The topological polar surface area (TPSA) is 121 Å². The van der Waals surface area contributed by atoms with Crippen molar-refractivity contribution in [3.8, 4) is 5.75 Å². The highest BCUT2D eigenvalue weighted by molar-refractivity contribution is 5.80. The van der Waals surface area contributed by atoms with Crippen LogP contribution in [0.5, 0.6) is 5.75 Å². The zero-order valence-corrected chi connectivity index (χ0v) is 21.2. The van der Waals surface area contributed by atoms with Gasteiger partial charge < -0.3 is 29.7 Å². The summed E-state index contributed by atoms with van der Waals surface area (Å²) >= 11 is 0. The first-order valence-corrected chi connectivity index (χ1v) is 13.0. The maximum Gasteiger partial charge on any atom is 0.324 e. The number of amides is 1. The van der Waals surface area contributed by atoms with Crippen LogP contribution in [-0.2, 0) is 4.79 Å². The van der Waals surface area contributed by atoms with Gasteiger partial charge in [-0.1, -0.05) is 37.2 Å². The van der Waals surface area contributed by atoms with Crippen molar-refractivity contribution < 1.29 is 24.3 Å². The van der Waals surface area contributed by atoms with Crippen molar-refractivity contribution in [3.63, 3.8) is 0 Å². The first-order chi connectivity index (χ1) is 17.5. The van der Waals surface area contributed by atoms with Crippen LogP contribution in [0.15, 0.2) is 34.9 Å². The normalized spacial score (nSPS) is 19.0. The van der Waals surface area contributed by atoms with Gasteiger partial charge in [-0.15, -0.1) is 0 Å². The molecule has 1 amide bonds. The third-order valence-corrected chi connectivity index (χ3v) is 7.11. The Morgan fingerprint density at radius 3 is 2.47 bits per heavy atom. The molecule has 36 heavy (non-hydrogen) atoms. The van der Waals surface area contributed by atoms with Crippen molar-refractivity contribution in [1.82, 2.24) is 15.5 Å². The number of anilines is 1. The van der Waals surface area contributed by atoms with Gasteiger partial charge in [0.1, 0.15) is 5.75 Å². The standard InChI is InChI=1S/C27H38N4O5/c1-18(2)25-29-27(36-30-25)31-13-11-19(12-14-31)17-35-24-9-7-21(8-10-24)20-3-5-22(6-4-20)26(34)28-23(15-32)16-33/h3,7-10,18-19,22-23,32-33H,4-6,11-17H2,1-2H3,(H,28,34). The number of aromatic nitrogens is 2. The Bertz CT molecular complexity index is 1010. The molecule has 1 fully saturated rings. The molecule has 1 aromatic carbocycles. The van der Waals surface area contributed by atoms with Gasteiger partial charge in [0, 0.05) is 24.9 Å². The second-order valence-corrected chi connectivity index (χ2v) is 10.1. The van der Waals surface area contributed by atoms with Gasteiger partial charge >= 0.3 is 6.01 Å².